The van der Waals surface area contributed by atoms with E-state index in [0.717, 1.165) is 11.3 Å². The van der Waals surface area contributed by atoms with Crippen molar-refractivity contribution < 1.29 is 14.3 Å². The van der Waals surface area contributed by atoms with Crippen LogP contribution in [0, 0.1) is 0 Å². The third-order valence-electron chi connectivity index (χ3n) is 2.30. The molecule has 1 N–H and O–H groups in total. The van der Waals surface area contributed by atoms with Crippen LogP contribution in [0.3, 0.4) is 0 Å². The predicted molar refractivity (Wildman–Crippen MR) is 58.2 cm³/mol. The normalized spacial score (nSPS) is 10.4. The van der Waals surface area contributed by atoms with Crippen LogP contribution in [-0.4, -0.2) is 17.2 Å². The first-order valence-electron chi connectivity index (χ1n) is 4.99. The van der Waals surface area contributed by atoms with E-state index in [9.17, 15) is 0 Å². The van der Waals surface area contributed by atoms with Crippen molar-refractivity contribution in [1.29, 1.82) is 0 Å². The summed E-state index contributed by atoms with van der Waals surface area (Å²) >= 11 is 0. The zero-order valence-corrected chi connectivity index (χ0v) is 9.01. The Hall–Kier alpha value is -1.81. The summed E-state index contributed by atoms with van der Waals surface area (Å²) in [7, 11) is 1.63. The molecule has 0 bridgehead atoms. The Kier molecular flexibility index (Phi) is 3.22. The quantitative estimate of drug-likeness (QED) is 0.851. The molecule has 4 heteroatoms. The Morgan fingerprint density at radius 3 is 2.88 bits per heavy atom. The summed E-state index contributed by atoms with van der Waals surface area (Å²) < 4.78 is 10.5. The molecule has 0 spiro atoms. The highest BCUT2D eigenvalue weighted by molar-refractivity contribution is 5.34. The number of oxazole rings is 1. The van der Waals surface area contributed by atoms with Crippen molar-refractivity contribution in [2.24, 2.45) is 0 Å². The van der Waals surface area contributed by atoms with E-state index in [1.165, 1.54) is 6.26 Å². The second-order valence-electron chi connectivity index (χ2n) is 3.38. The summed E-state index contributed by atoms with van der Waals surface area (Å²) in [6.07, 6.45) is 2.02. The lowest BCUT2D eigenvalue weighted by molar-refractivity contribution is 0.276. The zero-order valence-electron chi connectivity index (χ0n) is 9.01. The van der Waals surface area contributed by atoms with Crippen molar-refractivity contribution >= 4 is 0 Å². The Labute approximate surface area is 93.5 Å². The molecule has 0 atom stereocenters. The Balaban J connectivity index is 2.19. The van der Waals surface area contributed by atoms with E-state index in [1.807, 2.05) is 24.3 Å². The second kappa shape index (κ2) is 4.81. The molecule has 0 unspecified atom stereocenters. The monoisotopic (exact) mass is 219 g/mol. The van der Waals surface area contributed by atoms with Gasteiger partial charge in [0.15, 0.2) is 5.89 Å². The van der Waals surface area contributed by atoms with Crippen molar-refractivity contribution in [2.45, 2.75) is 13.0 Å². The molecule has 0 aliphatic heterocycles. The van der Waals surface area contributed by atoms with Gasteiger partial charge in [-0.1, -0.05) is 18.2 Å². The average Bonchev–Trinajstić information content (AvgIpc) is 2.77. The van der Waals surface area contributed by atoms with Gasteiger partial charge in [-0.05, 0) is 6.07 Å². The first-order chi connectivity index (χ1) is 7.83. The van der Waals surface area contributed by atoms with Crippen LogP contribution < -0.4 is 4.74 Å². The number of hydrogen-bond donors (Lipinski definition) is 1. The van der Waals surface area contributed by atoms with Gasteiger partial charge < -0.3 is 14.3 Å². The van der Waals surface area contributed by atoms with Crippen LogP contribution in [0.1, 0.15) is 17.1 Å². The standard InChI is InChI=1S/C12H13NO3/c1-15-11-5-3-2-4-9(11)6-12-13-10(7-14)8-16-12/h2-5,8,14H,6-7H2,1H3. The summed E-state index contributed by atoms with van der Waals surface area (Å²) in [6.45, 7) is -0.102. The fourth-order valence-corrected chi connectivity index (χ4v) is 1.51. The first kappa shape index (κ1) is 10.7. The fourth-order valence-electron chi connectivity index (χ4n) is 1.51. The predicted octanol–water partition coefficient (Wildman–Crippen LogP) is 1.77. The SMILES string of the molecule is COc1ccccc1Cc1nc(CO)co1. The van der Waals surface area contributed by atoms with E-state index < -0.39 is 0 Å². The van der Waals surface area contributed by atoms with E-state index >= 15 is 0 Å². The lowest BCUT2D eigenvalue weighted by Crippen LogP contribution is -1.94. The highest BCUT2D eigenvalue weighted by atomic mass is 16.5. The van der Waals surface area contributed by atoms with Crippen LogP contribution in [0.25, 0.3) is 0 Å². The maximum Gasteiger partial charge on any atom is 0.198 e. The van der Waals surface area contributed by atoms with Crippen LogP contribution in [0.5, 0.6) is 5.75 Å². The van der Waals surface area contributed by atoms with Crippen molar-refractivity contribution in [2.75, 3.05) is 7.11 Å². The highest BCUT2D eigenvalue weighted by Gasteiger charge is 2.07. The molecule has 84 valence electrons. The van der Waals surface area contributed by atoms with E-state index in [4.69, 9.17) is 14.3 Å². The van der Waals surface area contributed by atoms with Crippen LogP contribution in [0.15, 0.2) is 34.9 Å². The van der Waals surface area contributed by atoms with Gasteiger partial charge in [-0.2, -0.15) is 0 Å². The van der Waals surface area contributed by atoms with E-state index in [1.54, 1.807) is 7.11 Å². The van der Waals surface area contributed by atoms with Gasteiger partial charge in [0.1, 0.15) is 17.7 Å². The third-order valence-corrected chi connectivity index (χ3v) is 2.30. The van der Waals surface area contributed by atoms with Gasteiger partial charge in [-0.3, -0.25) is 0 Å². The lowest BCUT2D eigenvalue weighted by Gasteiger charge is -2.05. The Morgan fingerprint density at radius 2 is 2.19 bits per heavy atom. The molecule has 2 rings (SSSR count). The van der Waals surface area contributed by atoms with Gasteiger partial charge in [0.05, 0.1) is 20.1 Å². The van der Waals surface area contributed by atoms with E-state index in [-0.39, 0.29) is 6.61 Å². The summed E-state index contributed by atoms with van der Waals surface area (Å²) in [5, 5.41) is 8.87. The molecule has 0 radical (unpaired) electrons. The minimum Gasteiger partial charge on any atom is -0.496 e. The number of para-hydroxylation sites is 1. The van der Waals surface area contributed by atoms with Crippen molar-refractivity contribution in [3.63, 3.8) is 0 Å². The smallest absolute Gasteiger partial charge is 0.198 e. The Bertz CT molecular complexity index is 465. The minimum absolute atomic E-state index is 0.102. The molecule has 0 aliphatic carbocycles. The molecule has 0 fully saturated rings. The number of hydrogen-bond acceptors (Lipinski definition) is 4. The third kappa shape index (κ3) is 2.23. The van der Waals surface area contributed by atoms with Gasteiger partial charge >= 0.3 is 0 Å². The van der Waals surface area contributed by atoms with Gasteiger partial charge in [0, 0.05) is 5.56 Å². The van der Waals surface area contributed by atoms with Gasteiger partial charge in [-0.25, -0.2) is 4.98 Å². The number of benzene rings is 1. The molecule has 0 saturated carbocycles. The van der Waals surface area contributed by atoms with Crippen LogP contribution >= 0.6 is 0 Å². The van der Waals surface area contributed by atoms with E-state index in [0.29, 0.717) is 18.0 Å². The molecule has 1 aromatic carbocycles. The molecular weight excluding hydrogens is 206 g/mol. The second-order valence-corrected chi connectivity index (χ2v) is 3.38. The molecule has 4 nitrogen and oxygen atoms in total. The number of rotatable bonds is 4. The van der Waals surface area contributed by atoms with Gasteiger partial charge in [0.2, 0.25) is 0 Å². The number of aliphatic hydroxyl groups is 1. The molecule has 0 aliphatic rings. The number of aliphatic hydroxyl groups excluding tert-OH is 1. The molecule has 1 heterocycles. The molecular formula is C12H13NO3. The maximum atomic E-state index is 8.87. The summed E-state index contributed by atoms with van der Waals surface area (Å²) in [5.74, 6) is 1.39. The first-order valence-corrected chi connectivity index (χ1v) is 4.99. The van der Waals surface area contributed by atoms with Gasteiger partial charge in [-0.15, -0.1) is 0 Å². The molecule has 2 aromatic rings. The van der Waals surface area contributed by atoms with Crippen molar-refractivity contribution in [3.05, 3.63) is 47.7 Å². The summed E-state index contributed by atoms with van der Waals surface area (Å²) in [4.78, 5) is 4.13. The zero-order chi connectivity index (χ0) is 11.4. The van der Waals surface area contributed by atoms with Crippen LogP contribution in [0.2, 0.25) is 0 Å². The van der Waals surface area contributed by atoms with E-state index in [2.05, 4.69) is 4.98 Å². The highest BCUT2D eigenvalue weighted by Crippen LogP contribution is 2.20. The fraction of sp³-hybridized carbons (Fsp3) is 0.250. The summed E-state index contributed by atoms with van der Waals surface area (Å²) in [5.41, 5.74) is 1.56. The summed E-state index contributed by atoms with van der Waals surface area (Å²) in [6, 6.07) is 7.71. The van der Waals surface area contributed by atoms with Crippen LogP contribution in [0.4, 0.5) is 0 Å². The number of nitrogens with zero attached hydrogens (tertiary/aromatic N) is 1. The molecule has 0 amide bonds. The molecule has 16 heavy (non-hydrogen) atoms. The van der Waals surface area contributed by atoms with Gasteiger partial charge in [0.25, 0.3) is 0 Å². The number of ether oxygens (including phenoxy) is 1. The topological polar surface area (TPSA) is 55.5 Å². The maximum absolute atomic E-state index is 8.87. The largest absolute Gasteiger partial charge is 0.496 e. The lowest BCUT2D eigenvalue weighted by atomic mass is 10.1. The molecule has 1 aromatic heterocycles. The number of aromatic nitrogens is 1. The Morgan fingerprint density at radius 1 is 1.38 bits per heavy atom. The number of methoxy groups -OCH3 is 1. The van der Waals surface area contributed by atoms with Crippen LogP contribution in [-0.2, 0) is 13.0 Å². The minimum atomic E-state index is -0.102. The average molecular weight is 219 g/mol. The van der Waals surface area contributed by atoms with Crippen molar-refractivity contribution in [3.8, 4) is 5.75 Å². The molecule has 0 saturated heterocycles. The van der Waals surface area contributed by atoms with Crippen molar-refractivity contribution in [1.82, 2.24) is 4.98 Å².